The average Bonchev–Trinajstić information content (AvgIpc) is 3.12. The van der Waals surface area contributed by atoms with Gasteiger partial charge in [0.2, 0.25) is 0 Å². The molecule has 1 amide bonds. The molecule has 6 heteroatoms. The quantitative estimate of drug-likeness (QED) is 0.640. The molecule has 0 unspecified atom stereocenters. The second kappa shape index (κ2) is 6.20. The molecule has 2 aliphatic rings. The summed E-state index contributed by atoms with van der Waals surface area (Å²) in [5.74, 6) is -0.323. The Morgan fingerprint density at radius 1 is 1.04 bits per heavy atom. The third kappa shape index (κ3) is 2.73. The zero-order valence-corrected chi connectivity index (χ0v) is 13.6. The summed E-state index contributed by atoms with van der Waals surface area (Å²) in [4.78, 5) is 28.6. The van der Waals surface area contributed by atoms with Gasteiger partial charge in [0.25, 0.3) is 0 Å². The van der Waals surface area contributed by atoms with Crippen molar-refractivity contribution < 1.29 is 19.2 Å². The first-order valence-electron chi connectivity index (χ1n) is 8.19. The average molecular weight is 333 g/mol. The molecule has 1 aliphatic carbocycles. The van der Waals surface area contributed by atoms with Crippen LogP contribution in [0.2, 0.25) is 0 Å². The maximum atomic E-state index is 12.0. The molecule has 2 aromatic rings. The van der Waals surface area contributed by atoms with Crippen molar-refractivity contribution in [3.05, 3.63) is 59.7 Å². The summed E-state index contributed by atoms with van der Waals surface area (Å²) in [5.41, 5.74) is 5.03. The van der Waals surface area contributed by atoms with Crippen molar-refractivity contribution in [1.29, 1.82) is 0 Å². The van der Waals surface area contributed by atoms with Crippen molar-refractivity contribution in [2.45, 2.75) is 18.8 Å². The minimum atomic E-state index is -0.890. The van der Waals surface area contributed by atoms with Gasteiger partial charge >= 0.3 is 146 Å². The number of nitrogens with zero attached hydrogens (tertiary/aromatic N) is 1. The van der Waals surface area contributed by atoms with E-state index in [0.29, 0.717) is 18.4 Å². The van der Waals surface area contributed by atoms with Gasteiger partial charge in [-0.25, -0.2) is 0 Å². The SMILES string of the molecule is B=C1CCC(=O)N1OC(=O)OCC1c2ccccc2-c2ccccc21. The van der Waals surface area contributed by atoms with Crippen LogP contribution < -0.4 is 0 Å². The van der Waals surface area contributed by atoms with E-state index in [1.165, 1.54) is 0 Å². The zero-order chi connectivity index (χ0) is 17.4. The van der Waals surface area contributed by atoms with Crippen LogP contribution in [0.5, 0.6) is 0 Å². The van der Waals surface area contributed by atoms with Gasteiger partial charge in [0, 0.05) is 0 Å². The third-order valence-electron chi connectivity index (χ3n) is 4.64. The number of amides is 1. The first-order chi connectivity index (χ1) is 12.1. The van der Waals surface area contributed by atoms with Crippen LogP contribution in [0, 0.1) is 0 Å². The Hall–Kier alpha value is -2.89. The maximum absolute atomic E-state index is 12.0. The van der Waals surface area contributed by atoms with E-state index in [1.807, 2.05) is 36.4 Å². The molecule has 124 valence electrons. The summed E-state index contributed by atoms with van der Waals surface area (Å²) < 4.78 is 5.30. The predicted molar refractivity (Wildman–Crippen MR) is 94.4 cm³/mol. The number of hydrogen-bond acceptors (Lipinski definition) is 4. The van der Waals surface area contributed by atoms with Crippen molar-refractivity contribution in [3.63, 3.8) is 0 Å². The Kier molecular flexibility index (Phi) is 3.88. The Labute approximate surface area is 146 Å². The molecule has 1 aliphatic heterocycles. The van der Waals surface area contributed by atoms with Gasteiger partial charge in [0.1, 0.15) is 0 Å². The number of rotatable bonds is 3. The van der Waals surface area contributed by atoms with Crippen molar-refractivity contribution in [2.24, 2.45) is 0 Å². The van der Waals surface area contributed by atoms with Crippen molar-refractivity contribution in [1.82, 2.24) is 5.06 Å². The van der Waals surface area contributed by atoms with E-state index in [4.69, 9.17) is 9.57 Å². The molecule has 0 saturated carbocycles. The molecule has 1 saturated heterocycles. The molecular formula is C19H16BNO4. The normalized spacial score (nSPS) is 15.9. The van der Waals surface area contributed by atoms with Crippen LogP contribution in [0.15, 0.2) is 48.5 Å². The molecule has 1 heterocycles. The summed E-state index contributed by atoms with van der Waals surface area (Å²) in [6, 6.07) is 16.2. The van der Waals surface area contributed by atoms with Gasteiger partial charge in [-0.3, -0.25) is 0 Å². The van der Waals surface area contributed by atoms with E-state index in [1.54, 1.807) is 0 Å². The fourth-order valence-electron chi connectivity index (χ4n) is 3.44. The predicted octanol–water partition coefficient (Wildman–Crippen LogP) is 2.52. The zero-order valence-electron chi connectivity index (χ0n) is 13.6. The van der Waals surface area contributed by atoms with Crippen molar-refractivity contribution in [2.75, 3.05) is 6.61 Å². The van der Waals surface area contributed by atoms with E-state index in [0.717, 1.165) is 27.3 Å². The summed E-state index contributed by atoms with van der Waals surface area (Å²) >= 11 is 0. The topological polar surface area (TPSA) is 55.8 Å². The molecule has 0 aromatic heterocycles. The van der Waals surface area contributed by atoms with E-state index >= 15 is 0 Å². The van der Waals surface area contributed by atoms with Crippen LogP contribution in [0.4, 0.5) is 4.79 Å². The Balaban J connectivity index is 1.49. The second-order valence-electron chi connectivity index (χ2n) is 6.13. The summed E-state index contributed by atoms with van der Waals surface area (Å²) in [5, 5.41) is 0.929. The van der Waals surface area contributed by atoms with Crippen LogP contribution >= 0.6 is 0 Å². The van der Waals surface area contributed by atoms with Gasteiger partial charge in [0.05, 0.1) is 0 Å². The third-order valence-corrected chi connectivity index (χ3v) is 4.64. The molecule has 0 bridgehead atoms. The van der Waals surface area contributed by atoms with E-state index < -0.39 is 6.16 Å². The number of benzene rings is 2. The molecule has 1 fully saturated rings. The van der Waals surface area contributed by atoms with Gasteiger partial charge in [-0.1, -0.05) is 0 Å². The molecule has 0 spiro atoms. The number of carbonyl (C=O) groups excluding carboxylic acids is 2. The molecule has 0 radical (unpaired) electrons. The van der Waals surface area contributed by atoms with Gasteiger partial charge < -0.3 is 0 Å². The van der Waals surface area contributed by atoms with Gasteiger partial charge in [0.15, 0.2) is 0 Å². The number of hydrogen-bond donors (Lipinski definition) is 0. The van der Waals surface area contributed by atoms with E-state index in [2.05, 4.69) is 19.6 Å². The minimum absolute atomic E-state index is 0.0440. The first-order valence-corrected chi connectivity index (χ1v) is 8.19. The van der Waals surface area contributed by atoms with Gasteiger partial charge in [-0.15, -0.1) is 0 Å². The van der Waals surface area contributed by atoms with Gasteiger partial charge in [-0.2, -0.15) is 0 Å². The van der Waals surface area contributed by atoms with Crippen LogP contribution in [-0.4, -0.2) is 36.8 Å². The summed E-state index contributed by atoms with van der Waals surface area (Å²) in [6.07, 6.45) is -0.0939. The molecular weight excluding hydrogens is 317 g/mol. The fraction of sp³-hybridized carbons (Fsp3) is 0.211. The Bertz CT molecular complexity index is 818. The summed E-state index contributed by atoms with van der Waals surface area (Å²) in [7, 11) is 3.71. The fourth-order valence-corrected chi connectivity index (χ4v) is 3.44. The van der Waals surface area contributed by atoms with E-state index in [-0.39, 0.29) is 18.4 Å². The molecule has 5 nitrogen and oxygen atoms in total. The van der Waals surface area contributed by atoms with Crippen molar-refractivity contribution >= 4 is 25.1 Å². The number of hydroxylamine groups is 2. The number of ether oxygens (including phenoxy) is 1. The van der Waals surface area contributed by atoms with Crippen LogP contribution in [0.25, 0.3) is 11.1 Å². The Morgan fingerprint density at radius 2 is 1.64 bits per heavy atom. The molecule has 0 N–H and O–H groups in total. The standard InChI is InChI=1S/C19H16BNO4/c20-17-9-10-18(22)21(17)25-19(23)24-11-16-14-7-3-1-5-12(14)13-6-2-4-8-15(13)16/h1-8,16,20H,9-11H2. The molecule has 25 heavy (non-hydrogen) atoms. The van der Waals surface area contributed by atoms with Crippen LogP contribution in [0.1, 0.15) is 29.9 Å². The van der Waals surface area contributed by atoms with Crippen LogP contribution in [-0.2, 0) is 14.4 Å². The van der Waals surface area contributed by atoms with Gasteiger partial charge in [-0.05, 0) is 0 Å². The van der Waals surface area contributed by atoms with E-state index in [9.17, 15) is 9.59 Å². The molecule has 0 atom stereocenters. The molecule has 2 aromatic carbocycles. The number of carbonyl (C=O) groups is 2. The number of fused-ring (bicyclic) bond motifs is 3. The monoisotopic (exact) mass is 333 g/mol. The first kappa shape index (κ1) is 15.6. The second-order valence-corrected chi connectivity index (χ2v) is 6.13. The van der Waals surface area contributed by atoms with Crippen LogP contribution in [0.3, 0.4) is 0 Å². The van der Waals surface area contributed by atoms with Crippen molar-refractivity contribution in [3.8, 4) is 11.1 Å². The summed E-state index contributed by atoms with van der Waals surface area (Å²) in [6.45, 7) is 0.154. The Morgan fingerprint density at radius 3 is 2.20 bits per heavy atom. The molecule has 4 rings (SSSR count).